The zero-order valence-corrected chi connectivity index (χ0v) is 17.8. The SMILES string of the molecule is CCCCOCc1coc(-c2cc(Cl)ccc2OC(C(=O)O)c2ccc(Cl)cc2)n1. The number of halogens is 2. The number of hydrogen-bond donors (Lipinski definition) is 1. The molecular formula is C22H21Cl2NO5. The van der Waals surface area contributed by atoms with Crippen LogP contribution < -0.4 is 4.74 Å². The lowest BCUT2D eigenvalue weighted by atomic mass is 10.1. The van der Waals surface area contributed by atoms with Crippen molar-refractivity contribution in [2.24, 2.45) is 0 Å². The first-order valence-electron chi connectivity index (χ1n) is 9.45. The van der Waals surface area contributed by atoms with Crippen LogP contribution in [0, 0.1) is 0 Å². The summed E-state index contributed by atoms with van der Waals surface area (Å²) in [6.07, 6.45) is 2.28. The highest BCUT2D eigenvalue weighted by molar-refractivity contribution is 6.31. The number of hydrogen-bond acceptors (Lipinski definition) is 5. The lowest BCUT2D eigenvalue weighted by Gasteiger charge is -2.17. The highest BCUT2D eigenvalue weighted by Gasteiger charge is 2.24. The molecule has 0 aliphatic carbocycles. The fourth-order valence-corrected chi connectivity index (χ4v) is 3.02. The van der Waals surface area contributed by atoms with Gasteiger partial charge in [-0.2, -0.15) is 0 Å². The first-order valence-corrected chi connectivity index (χ1v) is 10.2. The van der Waals surface area contributed by atoms with Gasteiger partial charge in [0.25, 0.3) is 0 Å². The highest BCUT2D eigenvalue weighted by atomic mass is 35.5. The summed E-state index contributed by atoms with van der Waals surface area (Å²) in [5.41, 5.74) is 1.52. The molecule has 0 bridgehead atoms. The molecule has 1 aromatic heterocycles. The topological polar surface area (TPSA) is 81.8 Å². The predicted octanol–water partition coefficient (Wildman–Crippen LogP) is 6.17. The van der Waals surface area contributed by atoms with Crippen LogP contribution in [0.2, 0.25) is 10.0 Å². The van der Waals surface area contributed by atoms with E-state index in [4.69, 9.17) is 37.1 Å². The van der Waals surface area contributed by atoms with Gasteiger partial charge in [-0.05, 0) is 36.8 Å². The van der Waals surface area contributed by atoms with Crippen LogP contribution in [0.4, 0.5) is 0 Å². The van der Waals surface area contributed by atoms with Crippen LogP contribution in [0.3, 0.4) is 0 Å². The van der Waals surface area contributed by atoms with Crippen molar-refractivity contribution < 1.29 is 23.8 Å². The summed E-state index contributed by atoms with van der Waals surface area (Å²) in [5.74, 6) is -0.598. The molecule has 158 valence electrons. The van der Waals surface area contributed by atoms with E-state index < -0.39 is 12.1 Å². The number of rotatable bonds is 10. The van der Waals surface area contributed by atoms with Gasteiger partial charge >= 0.3 is 5.97 Å². The Morgan fingerprint density at radius 2 is 1.90 bits per heavy atom. The molecule has 0 radical (unpaired) electrons. The van der Waals surface area contributed by atoms with Crippen LogP contribution in [0.1, 0.15) is 37.1 Å². The monoisotopic (exact) mass is 449 g/mol. The summed E-state index contributed by atoms with van der Waals surface area (Å²) in [4.78, 5) is 16.3. The van der Waals surface area contributed by atoms with Crippen molar-refractivity contribution in [1.82, 2.24) is 4.98 Å². The van der Waals surface area contributed by atoms with Gasteiger partial charge in [0, 0.05) is 22.2 Å². The van der Waals surface area contributed by atoms with Crippen molar-refractivity contribution in [3.05, 3.63) is 70.0 Å². The standard InChI is InChI=1S/C22H21Cl2NO5/c1-2-3-10-28-12-17-13-29-21(25-17)18-11-16(24)8-9-19(18)30-20(22(26)27)14-4-6-15(23)7-5-14/h4-9,11,13,20H,2-3,10,12H2,1H3,(H,26,27). The third-order valence-electron chi connectivity index (χ3n) is 4.26. The summed E-state index contributed by atoms with van der Waals surface area (Å²) in [7, 11) is 0. The second kappa shape index (κ2) is 10.5. The first-order chi connectivity index (χ1) is 14.5. The Morgan fingerprint density at radius 1 is 1.17 bits per heavy atom. The minimum atomic E-state index is -1.24. The summed E-state index contributed by atoms with van der Waals surface area (Å²) in [6.45, 7) is 3.06. The molecule has 0 spiro atoms. The van der Waals surface area contributed by atoms with Crippen LogP contribution in [0.25, 0.3) is 11.5 Å². The number of nitrogens with zero attached hydrogens (tertiary/aromatic N) is 1. The van der Waals surface area contributed by atoms with Gasteiger partial charge in [0.05, 0.1) is 12.2 Å². The van der Waals surface area contributed by atoms with E-state index in [9.17, 15) is 9.90 Å². The average molecular weight is 450 g/mol. The lowest BCUT2D eigenvalue weighted by molar-refractivity contribution is -0.145. The number of carboxylic acids is 1. The molecule has 0 saturated heterocycles. The molecule has 0 amide bonds. The Labute approximate surface area is 184 Å². The lowest BCUT2D eigenvalue weighted by Crippen LogP contribution is -2.18. The van der Waals surface area contributed by atoms with Crippen LogP contribution in [0.5, 0.6) is 5.75 Å². The maximum Gasteiger partial charge on any atom is 0.349 e. The van der Waals surface area contributed by atoms with Crippen molar-refractivity contribution in [2.45, 2.75) is 32.5 Å². The summed E-state index contributed by atoms with van der Waals surface area (Å²) >= 11 is 12.0. The molecule has 3 aromatic rings. The van der Waals surface area contributed by atoms with E-state index in [1.54, 1.807) is 42.5 Å². The smallest absolute Gasteiger partial charge is 0.349 e. The molecule has 8 heteroatoms. The Hall–Kier alpha value is -2.54. The number of carbonyl (C=O) groups is 1. The molecule has 6 nitrogen and oxygen atoms in total. The Balaban J connectivity index is 1.85. The predicted molar refractivity (Wildman–Crippen MR) is 114 cm³/mol. The Morgan fingerprint density at radius 3 is 2.60 bits per heavy atom. The van der Waals surface area contributed by atoms with Gasteiger partial charge in [-0.3, -0.25) is 0 Å². The zero-order valence-electron chi connectivity index (χ0n) is 16.3. The van der Waals surface area contributed by atoms with Gasteiger partial charge < -0.3 is 19.0 Å². The highest BCUT2D eigenvalue weighted by Crippen LogP contribution is 2.35. The van der Waals surface area contributed by atoms with Crippen LogP contribution in [-0.4, -0.2) is 22.7 Å². The van der Waals surface area contributed by atoms with Gasteiger partial charge in [0.2, 0.25) is 12.0 Å². The van der Waals surface area contributed by atoms with Crippen molar-refractivity contribution >= 4 is 29.2 Å². The average Bonchev–Trinajstić information content (AvgIpc) is 3.20. The summed E-state index contributed by atoms with van der Waals surface area (Å²) in [5, 5.41) is 10.6. The van der Waals surface area contributed by atoms with E-state index >= 15 is 0 Å². The fourth-order valence-electron chi connectivity index (χ4n) is 2.72. The maximum atomic E-state index is 11.8. The van der Waals surface area contributed by atoms with Gasteiger partial charge in [-0.25, -0.2) is 9.78 Å². The molecule has 1 N–H and O–H groups in total. The van der Waals surface area contributed by atoms with Crippen LogP contribution >= 0.6 is 23.2 Å². The number of benzene rings is 2. The number of oxazole rings is 1. The molecule has 0 aliphatic heterocycles. The van der Waals surface area contributed by atoms with Crippen molar-refractivity contribution in [1.29, 1.82) is 0 Å². The number of carboxylic acid groups (broad SMARTS) is 1. The number of unbranched alkanes of at least 4 members (excludes halogenated alkanes) is 1. The molecule has 3 rings (SSSR count). The van der Waals surface area contributed by atoms with Gasteiger partial charge in [-0.15, -0.1) is 0 Å². The normalized spacial score (nSPS) is 12.0. The van der Waals surface area contributed by atoms with E-state index in [2.05, 4.69) is 11.9 Å². The van der Waals surface area contributed by atoms with Crippen LogP contribution in [0.15, 0.2) is 53.1 Å². The number of ether oxygens (including phenoxy) is 2. The van der Waals surface area contributed by atoms with E-state index in [0.29, 0.717) is 40.1 Å². The van der Waals surface area contributed by atoms with Crippen molar-refractivity contribution in [3.63, 3.8) is 0 Å². The van der Waals surface area contributed by atoms with E-state index in [1.807, 2.05) is 0 Å². The molecule has 2 aromatic carbocycles. The molecule has 1 heterocycles. The van der Waals surface area contributed by atoms with Crippen LogP contribution in [-0.2, 0) is 16.1 Å². The first kappa shape index (κ1) is 22.2. The summed E-state index contributed by atoms with van der Waals surface area (Å²) < 4.78 is 17.0. The van der Waals surface area contributed by atoms with E-state index in [0.717, 1.165) is 12.8 Å². The third kappa shape index (κ3) is 5.75. The second-order valence-corrected chi connectivity index (χ2v) is 7.45. The molecule has 0 aliphatic rings. The van der Waals surface area contributed by atoms with E-state index in [1.165, 1.54) is 6.26 Å². The second-order valence-electron chi connectivity index (χ2n) is 6.58. The number of aliphatic carboxylic acids is 1. The van der Waals surface area contributed by atoms with Gasteiger partial charge in [-0.1, -0.05) is 48.7 Å². The Bertz CT molecular complexity index is 987. The molecule has 0 fully saturated rings. The zero-order chi connectivity index (χ0) is 21.5. The fraction of sp³-hybridized carbons (Fsp3) is 0.273. The summed E-state index contributed by atoms with van der Waals surface area (Å²) in [6, 6.07) is 11.2. The minimum Gasteiger partial charge on any atom is -0.478 e. The largest absolute Gasteiger partial charge is 0.478 e. The minimum absolute atomic E-state index is 0.266. The maximum absolute atomic E-state index is 11.8. The van der Waals surface area contributed by atoms with Gasteiger partial charge in [0.15, 0.2) is 0 Å². The van der Waals surface area contributed by atoms with Crippen molar-refractivity contribution in [2.75, 3.05) is 6.61 Å². The van der Waals surface area contributed by atoms with E-state index in [-0.39, 0.29) is 11.6 Å². The molecule has 1 atom stereocenters. The van der Waals surface area contributed by atoms with Gasteiger partial charge in [0.1, 0.15) is 17.7 Å². The molecule has 0 saturated carbocycles. The third-order valence-corrected chi connectivity index (χ3v) is 4.74. The molecule has 1 unspecified atom stereocenters. The Kier molecular flexibility index (Phi) is 7.74. The quantitative estimate of drug-likeness (QED) is 0.372. The molecular weight excluding hydrogens is 429 g/mol. The number of aromatic nitrogens is 1. The van der Waals surface area contributed by atoms with Crippen molar-refractivity contribution in [3.8, 4) is 17.2 Å². The molecule has 30 heavy (non-hydrogen) atoms.